The molecule has 0 aromatic heterocycles. The molecule has 1 aliphatic heterocycles. The minimum absolute atomic E-state index is 0.00464. The third kappa shape index (κ3) is 5.18. The first-order valence-electron chi connectivity index (χ1n) is 9.66. The highest BCUT2D eigenvalue weighted by Gasteiger charge is 2.24. The number of hydrogen-bond donors (Lipinski definition) is 2. The van der Waals surface area contributed by atoms with E-state index in [0.29, 0.717) is 28.7 Å². The molecule has 0 saturated carbocycles. The highest BCUT2D eigenvalue weighted by molar-refractivity contribution is 8.00. The van der Waals surface area contributed by atoms with E-state index in [-0.39, 0.29) is 23.5 Å². The maximum atomic E-state index is 12.5. The number of thioether (sulfide) groups is 1. The number of amides is 2. The zero-order valence-corrected chi connectivity index (χ0v) is 18.1. The van der Waals surface area contributed by atoms with E-state index in [1.165, 1.54) is 33.1 Å². The van der Waals surface area contributed by atoms with Crippen molar-refractivity contribution >= 4 is 35.0 Å². The Bertz CT molecular complexity index is 893. The lowest BCUT2D eigenvalue weighted by Gasteiger charge is -2.15. The average Bonchev–Trinajstić information content (AvgIpc) is 2.91. The lowest BCUT2D eigenvalue weighted by atomic mass is 10.1. The van der Waals surface area contributed by atoms with Crippen LogP contribution in [0.25, 0.3) is 0 Å². The van der Waals surface area contributed by atoms with Crippen molar-refractivity contribution in [1.82, 2.24) is 0 Å². The zero-order chi connectivity index (χ0) is 21.5. The van der Waals surface area contributed by atoms with Crippen molar-refractivity contribution in [2.75, 3.05) is 37.7 Å². The molecule has 2 amide bonds. The molecular weight excluding hydrogens is 404 g/mol. The summed E-state index contributed by atoms with van der Waals surface area (Å²) < 4.78 is 15.9. The molecule has 2 aromatic rings. The summed E-state index contributed by atoms with van der Waals surface area (Å²) in [5.41, 5.74) is 2.59. The smallest absolute Gasteiger partial charge is 0.237 e. The standard InChI is InChI=1S/C22H26N2O5S/c1-27-17-12-15(13-18(28-2)21(17)29-3)23-20(25)10-11-30-19-9-8-14-6-4-5-7-16(14)24-22(19)26/h4-7,12-13,19H,8-11H2,1-3H3,(H,23,25)(H,24,26)/t19-/m0/s1. The van der Waals surface area contributed by atoms with Crippen LogP contribution in [0.5, 0.6) is 17.2 Å². The molecule has 0 bridgehead atoms. The van der Waals surface area contributed by atoms with Crippen molar-refractivity contribution in [3.05, 3.63) is 42.0 Å². The summed E-state index contributed by atoms with van der Waals surface area (Å²) in [6.45, 7) is 0. The topological polar surface area (TPSA) is 85.9 Å². The van der Waals surface area contributed by atoms with Crippen molar-refractivity contribution in [3.63, 3.8) is 0 Å². The predicted octanol–water partition coefficient (Wildman–Crippen LogP) is 3.73. The van der Waals surface area contributed by atoms with Crippen LogP contribution in [0.1, 0.15) is 18.4 Å². The molecule has 1 atom stereocenters. The maximum absolute atomic E-state index is 12.5. The maximum Gasteiger partial charge on any atom is 0.237 e. The number of carbonyl (C=O) groups excluding carboxylic acids is 2. The Morgan fingerprint density at radius 2 is 1.83 bits per heavy atom. The number of hydrogen-bond acceptors (Lipinski definition) is 6. The van der Waals surface area contributed by atoms with Gasteiger partial charge in [-0.05, 0) is 24.5 Å². The van der Waals surface area contributed by atoms with E-state index in [0.717, 1.165) is 24.1 Å². The van der Waals surface area contributed by atoms with Crippen LogP contribution in [0, 0.1) is 0 Å². The molecule has 160 valence electrons. The molecule has 1 aliphatic rings. The number of fused-ring (bicyclic) bond motifs is 1. The van der Waals surface area contributed by atoms with Crippen LogP contribution in [0.15, 0.2) is 36.4 Å². The third-order valence-corrected chi connectivity index (χ3v) is 6.13. The van der Waals surface area contributed by atoms with Crippen molar-refractivity contribution in [2.45, 2.75) is 24.5 Å². The Balaban J connectivity index is 1.54. The lowest BCUT2D eigenvalue weighted by molar-refractivity contribution is -0.116. The first-order valence-corrected chi connectivity index (χ1v) is 10.7. The minimum Gasteiger partial charge on any atom is -0.493 e. The quantitative estimate of drug-likeness (QED) is 0.664. The molecule has 0 spiro atoms. The number of ether oxygens (including phenoxy) is 3. The summed E-state index contributed by atoms with van der Waals surface area (Å²) in [6.07, 6.45) is 1.88. The van der Waals surface area contributed by atoms with Gasteiger partial charge in [0.2, 0.25) is 17.6 Å². The van der Waals surface area contributed by atoms with E-state index in [9.17, 15) is 9.59 Å². The van der Waals surface area contributed by atoms with Gasteiger partial charge in [-0.2, -0.15) is 0 Å². The number of benzene rings is 2. The van der Waals surface area contributed by atoms with Gasteiger partial charge in [-0.25, -0.2) is 0 Å². The molecule has 0 saturated heterocycles. The number of anilines is 2. The van der Waals surface area contributed by atoms with Gasteiger partial charge in [0.15, 0.2) is 11.5 Å². The Kier molecular flexibility index (Phi) is 7.46. The fourth-order valence-corrected chi connectivity index (χ4v) is 4.40. The van der Waals surface area contributed by atoms with Gasteiger partial charge in [0.25, 0.3) is 0 Å². The van der Waals surface area contributed by atoms with Gasteiger partial charge in [-0.3, -0.25) is 9.59 Å². The number of aryl methyl sites for hydroxylation is 1. The third-order valence-electron chi connectivity index (χ3n) is 4.84. The number of methoxy groups -OCH3 is 3. The SMILES string of the molecule is COc1cc(NC(=O)CCS[C@H]2CCc3ccccc3NC2=O)cc(OC)c1OC. The fraction of sp³-hybridized carbons (Fsp3) is 0.364. The summed E-state index contributed by atoms with van der Waals surface area (Å²) in [7, 11) is 4.57. The van der Waals surface area contributed by atoms with Gasteiger partial charge < -0.3 is 24.8 Å². The van der Waals surface area contributed by atoms with Gasteiger partial charge in [0, 0.05) is 35.7 Å². The molecule has 2 aromatic carbocycles. The molecule has 0 radical (unpaired) electrons. The van der Waals surface area contributed by atoms with Gasteiger partial charge in [0.05, 0.1) is 26.6 Å². The summed E-state index contributed by atoms with van der Waals surface area (Å²) >= 11 is 1.51. The molecule has 0 unspecified atom stereocenters. The van der Waals surface area contributed by atoms with Crippen LogP contribution in [0.2, 0.25) is 0 Å². The van der Waals surface area contributed by atoms with E-state index in [1.807, 2.05) is 24.3 Å². The molecule has 30 heavy (non-hydrogen) atoms. The zero-order valence-electron chi connectivity index (χ0n) is 17.3. The van der Waals surface area contributed by atoms with Crippen molar-refractivity contribution < 1.29 is 23.8 Å². The predicted molar refractivity (Wildman–Crippen MR) is 119 cm³/mol. The van der Waals surface area contributed by atoms with E-state index in [4.69, 9.17) is 14.2 Å². The van der Waals surface area contributed by atoms with Gasteiger partial charge >= 0.3 is 0 Å². The number of para-hydroxylation sites is 1. The average molecular weight is 431 g/mol. The highest BCUT2D eigenvalue weighted by atomic mass is 32.2. The Morgan fingerprint density at radius 1 is 1.13 bits per heavy atom. The summed E-state index contributed by atoms with van der Waals surface area (Å²) in [5.74, 6) is 1.80. The van der Waals surface area contributed by atoms with Gasteiger partial charge in [-0.15, -0.1) is 11.8 Å². The first-order chi connectivity index (χ1) is 14.5. The fourth-order valence-electron chi connectivity index (χ4n) is 3.32. The van der Waals surface area contributed by atoms with Gasteiger partial charge in [-0.1, -0.05) is 18.2 Å². The van der Waals surface area contributed by atoms with Crippen LogP contribution in [-0.4, -0.2) is 44.1 Å². The van der Waals surface area contributed by atoms with E-state index < -0.39 is 0 Å². The van der Waals surface area contributed by atoms with Crippen LogP contribution in [-0.2, 0) is 16.0 Å². The number of nitrogens with one attached hydrogen (secondary N) is 2. The van der Waals surface area contributed by atoms with Crippen molar-refractivity contribution in [2.24, 2.45) is 0 Å². The van der Waals surface area contributed by atoms with Crippen LogP contribution in [0.3, 0.4) is 0 Å². The molecule has 8 heteroatoms. The molecule has 0 fully saturated rings. The van der Waals surface area contributed by atoms with E-state index >= 15 is 0 Å². The van der Waals surface area contributed by atoms with Crippen LogP contribution >= 0.6 is 11.8 Å². The number of carbonyl (C=O) groups is 2. The van der Waals surface area contributed by atoms with Crippen LogP contribution < -0.4 is 24.8 Å². The second-order valence-electron chi connectivity index (χ2n) is 6.76. The highest BCUT2D eigenvalue weighted by Crippen LogP contribution is 2.40. The Hall–Kier alpha value is -2.87. The molecular formula is C22H26N2O5S. The van der Waals surface area contributed by atoms with Crippen molar-refractivity contribution in [3.8, 4) is 17.2 Å². The Labute approximate surface area is 180 Å². The first kappa shape index (κ1) is 21.8. The van der Waals surface area contributed by atoms with Crippen LogP contribution in [0.4, 0.5) is 11.4 Å². The van der Waals surface area contributed by atoms with Gasteiger partial charge in [0.1, 0.15) is 0 Å². The molecule has 3 rings (SSSR count). The second kappa shape index (κ2) is 10.2. The van der Waals surface area contributed by atoms with E-state index in [2.05, 4.69) is 10.6 Å². The largest absolute Gasteiger partial charge is 0.493 e. The molecule has 7 nitrogen and oxygen atoms in total. The molecule has 0 aliphatic carbocycles. The monoisotopic (exact) mass is 430 g/mol. The normalized spacial score (nSPS) is 15.4. The minimum atomic E-state index is -0.175. The summed E-state index contributed by atoms with van der Waals surface area (Å²) in [6, 6.07) is 11.2. The summed E-state index contributed by atoms with van der Waals surface area (Å²) in [4.78, 5) is 24.9. The van der Waals surface area contributed by atoms with Crippen molar-refractivity contribution in [1.29, 1.82) is 0 Å². The molecule has 1 heterocycles. The molecule has 2 N–H and O–H groups in total. The lowest BCUT2D eigenvalue weighted by Crippen LogP contribution is -2.24. The Morgan fingerprint density at radius 3 is 2.50 bits per heavy atom. The summed E-state index contributed by atoms with van der Waals surface area (Å²) in [5, 5.41) is 5.66. The second-order valence-corrected chi connectivity index (χ2v) is 8.07. The van der Waals surface area contributed by atoms with E-state index in [1.54, 1.807) is 12.1 Å². The number of rotatable bonds is 8.